The van der Waals surface area contributed by atoms with Gasteiger partial charge >= 0.3 is 23.1 Å². The van der Waals surface area contributed by atoms with Gasteiger partial charge in [0.2, 0.25) is 0 Å². The second kappa shape index (κ2) is 9.87. The molecule has 0 spiro atoms. The van der Waals surface area contributed by atoms with E-state index in [4.69, 9.17) is 0 Å². The van der Waals surface area contributed by atoms with Crippen molar-refractivity contribution >= 4 is 40.1 Å². The molecule has 0 heterocycles. The maximum absolute atomic E-state index is 3.39. The van der Waals surface area contributed by atoms with Gasteiger partial charge in [0.25, 0.3) is 0 Å². The summed E-state index contributed by atoms with van der Waals surface area (Å²) >= 11 is 0. The Morgan fingerprint density at radius 3 is 1.75 bits per heavy atom. The van der Waals surface area contributed by atoms with Crippen molar-refractivity contribution in [2.75, 3.05) is 4.90 Å². The van der Waals surface area contributed by atoms with E-state index in [1.807, 2.05) is 18.2 Å². The molecule has 0 aromatic heterocycles. The van der Waals surface area contributed by atoms with E-state index in [2.05, 4.69) is 85.5 Å². The van der Waals surface area contributed by atoms with Crippen LogP contribution in [0, 0.1) is 6.07 Å². The van der Waals surface area contributed by atoms with Crippen molar-refractivity contribution in [2.24, 2.45) is 0 Å². The molecule has 118 valence electrons. The average Bonchev–Trinajstić information content (AvgIpc) is 2.57. The monoisotopic (exact) mass is 389 g/mol. The fraction of sp³-hybridized carbons (Fsp3) is 0.143. The Balaban J connectivity index is 0.00000144. The van der Waals surface area contributed by atoms with Gasteiger partial charge in [0.05, 0.1) is 0 Å². The Labute approximate surface area is 171 Å². The minimum absolute atomic E-state index is 0. The maximum atomic E-state index is 3.39. The van der Waals surface area contributed by atoms with Crippen molar-refractivity contribution in [2.45, 2.75) is 19.8 Å². The van der Waals surface area contributed by atoms with Gasteiger partial charge in [-0.15, -0.1) is 6.07 Å². The number of hydrogen-bond donors (Lipinski definition) is 0. The second-order valence-electron chi connectivity index (χ2n) is 5.67. The molecule has 0 fully saturated rings. The van der Waals surface area contributed by atoms with Crippen LogP contribution in [0.1, 0.15) is 25.3 Å². The number of hydrogen-bond acceptors (Lipinski definition) is 1. The van der Waals surface area contributed by atoms with Crippen molar-refractivity contribution in [3.63, 3.8) is 0 Å². The van der Waals surface area contributed by atoms with Gasteiger partial charge in [-0.2, -0.15) is 23.8 Å². The standard InChI is InChI=1S/C21H20N.BrH.Mg/c1-17(2)18-10-9-15-21(16-18)22(19-11-5-3-6-12-19)20-13-7-4-8-14-20;;/h3-14,16-17H,1-2H3;1H;/q-1;;+2/p-1. The van der Waals surface area contributed by atoms with Crippen LogP contribution in [0.15, 0.2) is 78.9 Å². The molecule has 0 aliphatic rings. The van der Waals surface area contributed by atoms with Gasteiger partial charge in [-0.3, -0.25) is 0 Å². The summed E-state index contributed by atoms with van der Waals surface area (Å²) in [5.41, 5.74) is 4.69. The van der Waals surface area contributed by atoms with Gasteiger partial charge < -0.3 is 21.9 Å². The second-order valence-corrected chi connectivity index (χ2v) is 5.67. The molecule has 0 N–H and O–H groups in total. The van der Waals surface area contributed by atoms with Crippen LogP contribution >= 0.6 is 0 Å². The van der Waals surface area contributed by atoms with Gasteiger partial charge in [-0.05, 0) is 30.2 Å². The molecular formula is C21H20BrMgN. The molecule has 3 rings (SSSR count). The molecule has 0 amide bonds. The SMILES string of the molecule is CC(C)c1cc[c-]c(N(c2ccccc2)c2ccccc2)c1.[Br-].[Mg+2]. The first kappa shape index (κ1) is 20.8. The zero-order valence-corrected chi connectivity index (χ0v) is 17.1. The van der Waals surface area contributed by atoms with E-state index < -0.39 is 0 Å². The van der Waals surface area contributed by atoms with Crippen LogP contribution in [-0.2, 0) is 0 Å². The summed E-state index contributed by atoms with van der Waals surface area (Å²) < 4.78 is 0. The van der Waals surface area contributed by atoms with E-state index >= 15 is 0 Å². The third kappa shape index (κ3) is 4.85. The van der Waals surface area contributed by atoms with Gasteiger partial charge in [0, 0.05) is 11.4 Å². The summed E-state index contributed by atoms with van der Waals surface area (Å²) in [7, 11) is 0. The molecule has 0 unspecified atom stereocenters. The predicted molar refractivity (Wildman–Crippen MR) is 99.8 cm³/mol. The van der Waals surface area contributed by atoms with E-state index in [0.717, 1.165) is 17.1 Å². The zero-order valence-electron chi connectivity index (χ0n) is 14.1. The minimum atomic E-state index is 0. The molecule has 0 atom stereocenters. The summed E-state index contributed by atoms with van der Waals surface area (Å²) in [6.07, 6.45) is 0. The zero-order chi connectivity index (χ0) is 15.4. The Hall–Kier alpha value is -1.29. The number of halogens is 1. The van der Waals surface area contributed by atoms with Gasteiger partial charge in [0.15, 0.2) is 0 Å². The fourth-order valence-electron chi connectivity index (χ4n) is 2.54. The number of para-hydroxylation sites is 2. The molecule has 0 radical (unpaired) electrons. The third-order valence-electron chi connectivity index (χ3n) is 3.75. The van der Waals surface area contributed by atoms with E-state index in [1.54, 1.807) is 0 Å². The summed E-state index contributed by atoms with van der Waals surface area (Å²) in [6, 6.07) is 30.6. The third-order valence-corrected chi connectivity index (χ3v) is 3.75. The molecule has 0 aliphatic heterocycles. The van der Waals surface area contributed by atoms with Crippen LogP contribution in [0.3, 0.4) is 0 Å². The van der Waals surface area contributed by atoms with E-state index in [1.165, 1.54) is 5.56 Å². The Morgan fingerprint density at radius 1 is 0.792 bits per heavy atom. The van der Waals surface area contributed by atoms with Crippen molar-refractivity contribution < 1.29 is 17.0 Å². The van der Waals surface area contributed by atoms with Crippen LogP contribution in [-0.4, -0.2) is 23.1 Å². The first-order valence-electron chi connectivity index (χ1n) is 7.67. The summed E-state index contributed by atoms with van der Waals surface area (Å²) in [6.45, 7) is 4.43. The van der Waals surface area contributed by atoms with Crippen LogP contribution in [0.25, 0.3) is 0 Å². The molecule has 0 saturated carbocycles. The number of rotatable bonds is 4. The van der Waals surface area contributed by atoms with Crippen molar-refractivity contribution in [3.05, 3.63) is 90.5 Å². The number of benzene rings is 3. The summed E-state index contributed by atoms with van der Waals surface area (Å²) in [5.74, 6) is 0.502. The van der Waals surface area contributed by atoms with Gasteiger partial charge in [-0.1, -0.05) is 55.9 Å². The Morgan fingerprint density at radius 2 is 1.29 bits per heavy atom. The molecule has 24 heavy (non-hydrogen) atoms. The Bertz CT molecular complexity index is 690. The molecule has 3 aromatic carbocycles. The minimum Gasteiger partial charge on any atom is -1.00 e. The number of nitrogens with zero attached hydrogens (tertiary/aromatic N) is 1. The molecule has 0 saturated heterocycles. The fourth-order valence-corrected chi connectivity index (χ4v) is 2.54. The topological polar surface area (TPSA) is 3.24 Å². The molecule has 3 aromatic rings. The number of anilines is 3. The average molecular weight is 391 g/mol. The summed E-state index contributed by atoms with van der Waals surface area (Å²) in [4.78, 5) is 2.24. The summed E-state index contributed by atoms with van der Waals surface area (Å²) in [5, 5.41) is 0. The van der Waals surface area contributed by atoms with Crippen molar-refractivity contribution in [1.29, 1.82) is 0 Å². The van der Waals surface area contributed by atoms with E-state index in [-0.39, 0.29) is 40.0 Å². The quantitative estimate of drug-likeness (QED) is 0.489. The Kier molecular flexibility index (Phi) is 8.53. The van der Waals surface area contributed by atoms with E-state index in [9.17, 15) is 0 Å². The molecule has 3 heteroatoms. The predicted octanol–water partition coefficient (Wildman–Crippen LogP) is 2.70. The van der Waals surface area contributed by atoms with Crippen LogP contribution in [0.5, 0.6) is 0 Å². The van der Waals surface area contributed by atoms with Crippen molar-refractivity contribution in [1.82, 2.24) is 0 Å². The smallest absolute Gasteiger partial charge is 1.00 e. The maximum Gasteiger partial charge on any atom is 2.00 e. The van der Waals surface area contributed by atoms with Gasteiger partial charge in [0.1, 0.15) is 0 Å². The molecule has 0 aliphatic carbocycles. The van der Waals surface area contributed by atoms with Crippen LogP contribution in [0.2, 0.25) is 0 Å². The normalized spacial score (nSPS) is 9.79. The van der Waals surface area contributed by atoms with Gasteiger partial charge in [-0.25, -0.2) is 0 Å². The first-order valence-corrected chi connectivity index (χ1v) is 7.67. The van der Waals surface area contributed by atoms with Crippen molar-refractivity contribution in [3.8, 4) is 0 Å². The molecular weight excluding hydrogens is 370 g/mol. The van der Waals surface area contributed by atoms with Crippen LogP contribution in [0.4, 0.5) is 17.1 Å². The van der Waals surface area contributed by atoms with Crippen LogP contribution < -0.4 is 21.9 Å². The largest absolute Gasteiger partial charge is 2.00 e. The first-order chi connectivity index (χ1) is 10.8. The molecule has 1 nitrogen and oxygen atoms in total. The molecule has 0 bridgehead atoms. The van der Waals surface area contributed by atoms with E-state index in [0.29, 0.717) is 5.92 Å².